The zero-order chi connectivity index (χ0) is 26.3. The molecular weight excluding hydrogens is 482 g/mol. The lowest BCUT2D eigenvalue weighted by Gasteiger charge is -2.18. The number of anilines is 1. The van der Waals surface area contributed by atoms with Crippen LogP contribution in [0.25, 0.3) is 21.9 Å². The van der Waals surface area contributed by atoms with Crippen LogP contribution in [0.4, 0.5) is 6.01 Å². The maximum absolute atomic E-state index is 11.5. The van der Waals surface area contributed by atoms with Gasteiger partial charge in [0.05, 0.1) is 5.71 Å². The zero-order valence-corrected chi connectivity index (χ0v) is 21.4. The Hall–Kier alpha value is -3.95. The number of nitrogens with zero attached hydrogens (tertiary/aromatic N) is 2. The van der Waals surface area contributed by atoms with E-state index >= 15 is 0 Å². The third kappa shape index (κ3) is 6.30. The molecule has 1 aliphatic heterocycles. The zero-order valence-electron chi connectivity index (χ0n) is 21.4. The molecule has 2 heterocycles. The minimum Gasteiger partial charge on any atom is -0.490 e. The molecule has 9 nitrogen and oxygen atoms in total. The number of oxazole rings is 1. The molecule has 2 atom stereocenters. The summed E-state index contributed by atoms with van der Waals surface area (Å²) in [6, 6.07) is 20.2. The second-order valence-electron chi connectivity index (χ2n) is 9.62. The van der Waals surface area contributed by atoms with E-state index in [1.54, 1.807) is 0 Å². The Morgan fingerprint density at radius 3 is 2.87 bits per heavy atom. The van der Waals surface area contributed by atoms with E-state index in [0.717, 1.165) is 59.2 Å². The second kappa shape index (κ2) is 12.1. The van der Waals surface area contributed by atoms with Crippen LogP contribution in [0, 0.1) is 5.92 Å². The Labute approximate surface area is 221 Å². The van der Waals surface area contributed by atoms with Gasteiger partial charge >= 0.3 is 0 Å². The number of hydrogen-bond acceptors (Lipinski definition) is 8. The molecule has 4 N–H and O–H groups in total. The molecule has 0 spiro atoms. The number of hydrazone groups is 1. The fourth-order valence-electron chi connectivity index (χ4n) is 4.57. The van der Waals surface area contributed by atoms with Crippen molar-refractivity contribution < 1.29 is 19.1 Å². The van der Waals surface area contributed by atoms with Crippen molar-refractivity contribution in [2.45, 2.75) is 32.3 Å². The van der Waals surface area contributed by atoms with E-state index in [9.17, 15) is 9.90 Å². The Balaban J connectivity index is 1.000. The highest BCUT2D eigenvalue weighted by atomic mass is 16.5. The first-order valence-corrected chi connectivity index (χ1v) is 13.1. The van der Waals surface area contributed by atoms with Crippen LogP contribution in [0.15, 0.2) is 70.2 Å². The number of benzene rings is 3. The SMILES string of the molecule is CC1CC(=O)NN=C1c1ccc2oc(NCCCCNCC(O)COc3cccc4ccccc34)nc2c1. The number of rotatable bonds is 12. The fraction of sp³-hybridized carbons (Fsp3) is 0.345. The molecule has 0 saturated heterocycles. The van der Waals surface area contributed by atoms with Crippen molar-refractivity contribution in [3.8, 4) is 5.75 Å². The smallest absolute Gasteiger partial charge is 0.295 e. The number of aromatic nitrogens is 1. The minimum absolute atomic E-state index is 0.0529. The van der Waals surface area contributed by atoms with Gasteiger partial charge in [0, 0.05) is 36.4 Å². The summed E-state index contributed by atoms with van der Waals surface area (Å²) in [5, 5.41) is 23.2. The van der Waals surface area contributed by atoms with Crippen LogP contribution in [0.1, 0.15) is 31.7 Å². The van der Waals surface area contributed by atoms with Gasteiger partial charge in [-0.05, 0) is 49.0 Å². The quantitative estimate of drug-likeness (QED) is 0.210. The monoisotopic (exact) mass is 515 g/mol. The lowest BCUT2D eigenvalue weighted by Crippen LogP contribution is -2.32. The molecule has 0 radical (unpaired) electrons. The first-order valence-electron chi connectivity index (χ1n) is 13.1. The molecule has 5 rings (SSSR count). The molecule has 0 bridgehead atoms. The number of unbranched alkanes of at least 4 members (excludes halogenated alkanes) is 1. The summed E-state index contributed by atoms with van der Waals surface area (Å²) in [5.74, 6) is 0.777. The third-order valence-electron chi connectivity index (χ3n) is 6.56. The standard InChI is InChI=1S/C29H33N5O4/c1-19-15-27(36)33-34-28(19)21-11-12-26-24(16-21)32-29(38-26)31-14-5-4-13-30-17-22(35)18-37-25-10-6-8-20-7-2-3-9-23(20)25/h2-3,6-12,16,19,22,30,35H,4-5,13-15,17-18H2,1H3,(H,31,32)(H,33,36). The van der Waals surface area contributed by atoms with E-state index in [1.165, 1.54) is 0 Å². The number of carbonyl (C=O) groups excluding carboxylic acids is 1. The van der Waals surface area contributed by atoms with Crippen LogP contribution in [-0.2, 0) is 4.79 Å². The van der Waals surface area contributed by atoms with E-state index in [0.29, 0.717) is 24.6 Å². The lowest BCUT2D eigenvalue weighted by atomic mass is 9.94. The minimum atomic E-state index is -0.587. The normalized spacial score (nSPS) is 16.3. The number of nitrogens with one attached hydrogen (secondary N) is 3. The van der Waals surface area contributed by atoms with Gasteiger partial charge in [0.25, 0.3) is 6.01 Å². The van der Waals surface area contributed by atoms with Gasteiger partial charge in [0.15, 0.2) is 5.58 Å². The van der Waals surface area contributed by atoms with Crippen molar-refractivity contribution in [3.63, 3.8) is 0 Å². The van der Waals surface area contributed by atoms with Gasteiger partial charge < -0.3 is 24.9 Å². The van der Waals surface area contributed by atoms with Gasteiger partial charge in [-0.25, -0.2) is 5.43 Å². The average molecular weight is 516 g/mol. The highest BCUT2D eigenvalue weighted by molar-refractivity contribution is 6.07. The molecule has 0 saturated carbocycles. The summed E-state index contributed by atoms with van der Waals surface area (Å²) in [4.78, 5) is 16.1. The van der Waals surface area contributed by atoms with E-state index in [2.05, 4.69) is 26.1 Å². The predicted molar refractivity (Wildman–Crippen MR) is 149 cm³/mol. The Kier molecular flexibility index (Phi) is 8.15. The summed E-state index contributed by atoms with van der Waals surface area (Å²) in [6.45, 7) is 4.22. The van der Waals surface area contributed by atoms with Gasteiger partial charge in [-0.3, -0.25) is 4.79 Å². The third-order valence-corrected chi connectivity index (χ3v) is 6.56. The van der Waals surface area contributed by atoms with Crippen molar-refractivity contribution in [1.29, 1.82) is 0 Å². The molecule has 3 aromatic carbocycles. The van der Waals surface area contributed by atoms with Crippen LogP contribution in [-0.4, -0.2) is 54.1 Å². The van der Waals surface area contributed by atoms with Gasteiger partial charge in [-0.2, -0.15) is 10.1 Å². The van der Waals surface area contributed by atoms with Crippen molar-refractivity contribution in [2.24, 2.45) is 11.0 Å². The second-order valence-corrected chi connectivity index (χ2v) is 9.62. The van der Waals surface area contributed by atoms with Crippen LogP contribution in [0.3, 0.4) is 0 Å². The lowest BCUT2D eigenvalue weighted by molar-refractivity contribution is -0.121. The van der Waals surface area contributed by atoms with Crippen LogP contribution < -0.4 is 20.8 Å². The van der Waals surface area contributed by atoms with Crippen molar-refractivity contribution >= 4 is 39.5 Å². The van der Waals surface area contributed by atoms with E-state index in [1.807, 2.05) is 67.6 Å². The Morgan fingerprint density at radius 1 is 1.13 bits per heavy atom. The van der Waals surface area contributed by atoms with Crippen molar-refractivity contribution in [3.05, 3.63) is 66.2 Å². The highest BCUT2D eigenvalue weighted by Gasteiger charge is 2.22. The Morgan fingerprint density at radius 2 is 1.97 bits per heavy atom. The van der Waals surface area contributed by atoms with E-state index < -0.39 is 6.10 Å². The van der Waals surface area contributed by atoms with Gasteiger partial charge in [-0.1, -0.05) is 43.3 Å². The number of hydrogen-bond donors (Lipinski definition) is 4. The molecule has 1 amide bonds. The highest BCUT2D eigenvalue weighted by Crippen LogP contribution is 2.25. The molecule has 9 heteroatoms. The maximum Gasteiger partial charge on any atom is 0.295 e. The number of fused-ring (bicyclic) bond motifs is 2. The molecule has 0 aliphatic carbocycles. The fourth-order valence-corrected chi connectivity index (χ4v) is 4.57. The molecule has 0 fully saturated rings. The first kappa shape index (κ1) is 25.7. The number of carbonyl (C=O) groups is 1. The molecule has 38 heavy (non-hydrogen) atoms. The largest absolute Gasteiger partial charge is 0.490 e. The number of aliphatic hydroxyl groups is 1. The van der Waals surface area contributed by atoms with Gasteiger partial charge in [0.1, 0.15) is 24.0 Å². The van der Waals surface area contributed by atoms with E-state index in [-0.39, 0.29) is 18.4 Å². The summed E-state index contributed by atoms with van der Waals surface area (Å²) in [5.41, 5.74) is 5.78. The molecule has 2 unspecified atom stereocenters. The first-order chi connectivity index (χ1) is 18.6. The number of amides is 1. The number of ether oxygens (including phenoxy) is 1. The number of aliphatic hydroxyl groups excluding tert-OH is 1. The summed E-state index contributed by atoms with van der Waals surface area (Å²) in [6.07, 6.45) is 1.70. The Bertz CT molecular complexity index is 1430. The average Bonchev–Trinajstić information content (AvgIpc) is 3.33. The van der Waals surface area contributed by atoms with Gasteiger partial charge in [-0.15, -0.1) is 0 Å². The summed E-state index contributed by atoms with van der Waals surface area (Å²) < 4.78 is 11.7. The van der Waals surface area contributed by atoms with E-state index in [4.69, 9.17) is 9.15 Å². The van der Waals surface area contributed by atoms with Crippen molar-refractivity contribution in [1.82, 2.24) is 15.7 Å². The molecule has 198 valence electrons. The summed E-state index contributed by atoms with van der Waals surface area (Å²) in [7, 11) is 0. The van der Waals surface area contributed by atoms with Crippen LogP contribution in [0.5, 0.6) is 5.75 Å². The van der Waals surface area contributed by atoms with Crippen LogP contribution in [0.2, 0.25) is 0 Å². The topological polar surface area (TPSA) is 121 Å². The van der Waals surface area contributed by atoms with Crippen LogP contribution >= 0.6 is 0 Å². The van der Waals surface area contributed by atoms with Gasteiger partial charge in [0.2, 0.25) is 5.91 Å². The predicted octanol–water partition coefficient (Wildman–Crippen LogP) is 4.06. The molecule has 1 aromatic heterocycles. The van der Waals surface area contributed by atoms with Crippen molar-refractivity contribution in [2.75, 3.05) is 31.6 Å². The summed E-state index contributed by atoms with van der Waals surface area (Å²) >= 11 is 0. The maximum atomic E-state index is 11.5. The molecule has 1 aliphatic rings. The molecule has 4 aromatic rings. The molecular formula is C29H33N5O4.